The molecule has 3 heterocycles. The van der Waals surface area contributed by atoms with Crippen molar-refractivity contribution < 1.29 is 9.47 Å². The van der Waals surface area contributed by atoms with Gasteiger partial charge in [-0.15, -0.1) is 24.8 Å². The second kappa shape index (κ2) is 9.50. The summed E-state index contributed by atoms with van der Waals surface area (Å²) in [4.78, 5) is 8.21. The Labute approximate surface area is 178 Å². The summed E-state index contributed by atoms with van der Waals surface area (Å²) >= 11 is 0. The summed E-state index contributed by atoms with van der Waals surface area (Å²) in [7, 11) is 3.33. The number of aromatic nitrogens is 2. The highest BCUT2D eigenvalue weighted by Gasteiger charge is 2.19. The largest absolute Gasteiger partial charge is 0.493 e. The summed E-state index contributed by atoms with van der Waals surface area (Å²) in [6.07, 6.45) is 4.27. The normalized spacial score (nSPS) is 14.2. The predicted octanol–water partition coefficient (Wildman–Crippen LogP) is 4.87. The van der Waals surface area contributed by atoms with E-state index in [0.29, 0.717) is 5.92 Å². The van der Waals surface area contributed by atoms with Gasteiger partial charge in [-0.2, -0.15) is 0 Å². The van der Waals surface area contributed by atoms with Crippen molar-refractivity contribution in [3.8, 4) is 22.6 Å². The van der Waals surface area contributed by atoms with Crippen molar-refractivity contribution in [1.82, 2.24) is 15.3 Å². The highest BCUT2D eigenvalue weighted by Crippen LogP contribution is 2.38. The highest BCUT2D eigenvalue weighted by molar-refractivity contribution is 5.97. The van der Waals surface area contributed by atoms with Crippen molar-refractivity contribution >= 4 is 35.7 Å². The number of fused-ring (bicyclic) bond motifs is 1. The van der Waals surface area contributed by atoms with E-state index in [4.69, 9.17) is 14.5 Å². The summed E-state index contributed by atoms with van der Waals surface area (Å²) in [6, 6.07) is 8.35. The van der Waals surface area contributed by atoms with Crippen LogP contribution in [0.4, 0.5) is 0 Å². The SMILES string of the molecule is COc1ccc(-c2c(C)[nH]c3cnc(C4CCNCC4)cc23)cc1OC.Cl.Cl. The number of aryl methyl sites for hydroxylation is 1. The number of halogens is 2. The molecule has 2 aromatic heterocycles. The average Bonchev–Trinajstić information content (AvgIpc) is 3.03. The fourth-order valence-electron chi connectivity index (χ4n) is 3.95. The lowest BCUT2D eigenvalue weighted by Crippen LogP contribution is -2.27. The first-order valence-electron chi connectivity index (χ1n) is 9.12. The Morgan fingerprint density at radius 2 is 1.71 bits per heavy atom. The van der Waals surface area contributed by atoms with Gasteiger partial charge in [0.25, 0.3) is 0 Å². The quantitative estimate of drug-likeness (QED) is 0.628. The van der Waals surface area contributed by atoms with Crippen LogP contribution in [-0.4, -0.2) is 37.3 Å². The maximum Gasteiger partial charge on any atom is 0.161 e. The first-order chi connectivity index (χ1) is 12.7. The molecule has 3 aromatic rings. The van der Waals surface area contributed by atoms with Crippen LogP contribution in [0, 0.1) is 6.92 Å². The summed E-state index contributed by atoms with van der Waals surface area (Å²) in [5.74, 6) is 2.02. The molecule has 0 spiro atoms. The van der Waals surface area contributed by atoms with Crippen molar-refractivity contribution in [2.45, 2.75) is 25.7 Å². The van der Waals surface area contributed by atoms with Crippen molar-refractivity contribution in [3.63, 3.8) is 0 Å². The first-order valence-corrected chi connectivity index (χ1v) is 9.12. The van der Waals surface area contributed by atoms with Crippen molar-refractivity contribution in [2.75, 3.05) is 27.3 Å². The number of aromatic amines is 1. The molecule has 0 atom stereocenters. The van der Waals surface area contributed by atoms with Crippen LogP contribution < -0.4 is 14.8 Å². The number of pyridine rings is 1. The van der Waals surface area contributed by atoms with Crippen LogP contribution in [0.25, 0.3) is 22.0 Å². The Balaban J connectivity index is 0.00000140. The number of nitrogens with one attached hydrogen (secondary N) is 2. The van der Waals surface area contributed by atoms with E-state index in [-0.39, 0.29) is 24.8 Å². The molecule has 0 amide bonds. The standard InChI is InChI=1S/C21H25N3O2.2ClH/c1-13-21(15-4-5-19(25-2)20(10-15)26-3)16-11-17(23-12-18(16)24-13)14-6-8-22-9-7-14;;/h4-5,10-12,14,22,24H,6-9H2,1-3H3;2*1H. The van der Waals surface area contributed by atoms with E-state index < -0.39 is 0 Å². The molecule has 0 bridgehead atoms. The fraction of sp³-hybridized carbons (Fsp3) is 0.381. The van der Waals surface area contributed by atoms with Gasteiger partial charge in [0, 0.05) is 28.3 Å². The number of benzene rings is 1. The third-order valence-electron chi connectivity index (χ3n) is 5.32. The number of nitrogens with zero attached hydrogens (tertiary/aromatic N) is 1. The van der Waals surface area contributed by atoms with Crippen LogP contribution in [0.5, 0.6) is 11.5 Å². The van der Waals surface area contributed by atoms with Gasteiger partial charge in [-0.3, -0.25) is 4.98 Å². The summed E-state index contributed by atoms with van der Waals surface area (Å²) in [5.41, 5.74) is 5.73. The van der Waals surface area contributed by atoms with Crippen LogP contribution in [-0.2, 0) is 0 Å². The lowest BCUT2D eigenvalue weighted by atomic mass is 9.92. The monoisotopic (exact) mass is 423 g/mol. The molecule has 5 nitrogen and oxygen atoms in total. The Kier molecular flexibility index (Phi) is 7.58. The molecule has 0 unspecified atom stereocenters. The minimum Gasteiger partial charge on any atom is -0.493 e. The van der Waals surface area contributed by atoms with Crippen LogP contribution >= 0.6 is 24.8 Å². The third-order valence-corrected chi connectivity index (χ3v) is 5.32. The molecular formula is C21H27Cl2N3O2. The molecule has 0 radical (unpaired) electrons. The van der Waals surface area contributed by atoms with Crippen molar-refractivity contribution in [1.29, 1.82) is 0 Å². The minimum atomic E-state index is 0. The zero-order valence-corrected chi connectivity index (χ0v) is 18.0. The summed E-state index contributed by atoms with van der Waals surface area (Å²) in [5, 5.41) is 4.65. The fourth-order valence-corrected chi connectivity index (χ4v) is 3.95. The van der Waals surface area contributed by atoms with Gasteiger partial charge >= 0.3 is 0 Å². The van der Waals surface area contributed by atoms with Crippen LogP contribution in [0.3, 0.4) is 0 Å². The number of methoxy groups -OCH3 is 2. The summed E-state index contributed by atoms with van der Waals surface area (Å²) in [6.45, 7) is 4.24. The third kappa shape index (κ3) is 4.07. The van der Waals surface area contributed by atoms with Crippen LogP contribution in [0.1, 0.15) is 30.1 Å². The zero-order chi connectivity index (χ0) is 18.1. The number of H-pyrrole nitrogens is 1. The van der Waals surface area contributed by atoms with Gasteiger partial charge in [0.05, 0.1) is 25.9 Å². The maximum atomic E-state index is 5.49. The van der Waals surface area contributed by atoms with E-state index in [9.17, 15) is 0 Å². The lowest BCUT2D eigenvalue weighted by molar-refractivity contribution is 0.355. The molecule has 1 aromatic carbocycles. The average molecular weight is 424 g/mol. The molecule has 1 fully saturated rings. The molecule has 1 aliphatic heterocycles. The Morgan fingerprint density at radius 3 is 2.39 bits per heavy atom. The van der Waals surface area contributed by atoms with Gasteiger partial charge in [-0.1, -0.05) is 6.07 Å². The van der Waals surface area contributed by atoms with Gasteiger partial charge in [-0.25, -0.2) is 0 Å². The van der Waals surface area contributed by atoms with Gasteiger partial charge in [-0.05, 0) is 56.6 Å². The van der Waals surface area contributed by atoms with Crippen LogP contribution in [0.15, 0.2) is 30.5 Å². The van der Waals surface area contributed by atoms with E-state index in [1.54, 1.807) is 14.2 Å². The Bertz CT molecular complexity index is 937. The molecule has 1 saturated heterocycles. The number of ether oxygens (including phenoxy) is 2. The zero-order valence-electron chi connectivity index (χ0n) is 16.4. The lowest BCUT2D eigenvalue weighted by Gasteiger charge is -2.22. The van der Waals surface area contributed by atoms with E-state index in [0.717, 1.165) is 54.2 Å². The van der Waals surface area contributed by atoms with E-state index in [2.05, 4.69) is 29.4 Å². The number of hydrogen-bond donors (Lipinski definition) is 2. The van der Waals surface area contributed by atoms with Gasteiger partial charge in [0.15, 0.2) is 11.5 Å². The second-order valence-electron chi connectivity index (χ2n) is 6.87. The predicted molar refractivity (Wildman–Crippen MR) is 119 cm³/mol. The topological polar surface area (TPSA) is 59.2 Å². The Hall–Kier alpha value is -1.95. The van der Waals surface area contributed by atoms with Crippen molar-refractivity contribution in [3.05, 3.63) is 41.9 Å². The van der Waals surface area contributed by atoms with E-state index in [1.165, 1.54) is 16.6 Å². The smallest absolute Gasteiger partial charge is 0.161 e. The van der Waals surface area contributed by atoms with Gasteiger partial charge in [0.1, 0.15) is 0 Å². The molecule has 152 valence electrons. The molecule has 0 aliphatic carbocycles. The Morgan fingerprint density at radius 1 is 1.00 bits per heavy atom. The molecule has 7 heteroatoms. The molecule has 2 N–H and O–H groups in total. The minimum absolute atomic E-state index is 0. The molecule has 4 rings (SSSR count). The second-order valence-corrected chi connectivity index (χ2v) is 6.87. The van der Waals surface area contributed by atoms with Crippen molar-refractivity contribution in [2.24, 2.45) is 0 Å². The highest BCUT2D eigenvalue weighted by atomic mass is 35.5. The molecular weight excluding hydrogens is 397 g/mol. The number of hydrogen-bond acceptors (Lipinski definition) is 4. The van der Waals surface area contributed by atoms with Gasteiger partial charge in [0.2, 0.25) is 0 Å². The molecule has 0 saturated carbocycles. The molecule has 1 aliphatic rings. The van der Waals surface area contributed by atoms with E-state index in [1.807, 2.05) is 18.3 Å². The van der Waals surface area contributed by atoms with Crippen LogP contribution in [0.2, 0.25) is 0 Å². The molecule has 28 heavy (non-hydrogen) atoms. The number of piperidine rings is 1. The van der Waals surface area contributed by atoms with Gasteiger partial charge < -0.3 is 19.8 Å². The number of rotatable bonds is 4. The first kappa shape index (κ1) is 22.3. The summed E-state index contributed by atoms with van der Waals surface area (Å²) < 4.78 is 10.9. The maximum absolute atomic E-state index is 5.49. The van der Waals surface area contributed by atoms with E-state index >= 15 is 0 Å².